The lowest BCUT2D eigenvalue weighted by Gasteiger charge is -2.04. The van der Waals surface area contributed by atoms with E-state index >= 15 is 0 Å². The van der Waals surface area contributed by atoms with Gasteiger partial charge in [0.2, 0.25) is 0 Å². The number of hydrogen-bond acceptors (Lipinski definition) is 4. The second kappa shape index (κ2) is 5.95. The minimum absolute atomic E-state index is 0.128. The number of carbonyl (C=O) groups is 1. The van der Waals surface area contributed by atoms with Crippen molar-refractivity contribution in [3.63, 3.8) is 0 Å². The summed E-state index contributed by atoms with van der Waals surface area (Å²) in [5, 5.41) is 5.35. The molecule has 0 bridgehead atoms. The first-order valence-electron chi connectivity index (χ1n) is 6.13. The van der Waals surface area contributed by atoms with Gasteiger partial charge in [0.05, 0.1) is 5.69 Å². The van der Waals surface area contributed by atoms with Crippen LogP contribution in [-0.4, -0.2) is 17.4 Å². The molecule has 2 aromatic rings. The molecule has 1 aromatic heterocycles. The molecule has 0 aliphatic carbocycles. The molecule has 0 saturated carbocycles. The Labute approximate surface area is 116 Å². The van der Waals surface area contributed by atoms with Crippen LogP contribution in [0.1, 0.15) is 27.2 Å². The maximum Gasteiger partial charge on any atom is 0.257 e. The molecule has 1 aromatic carbocycles. The molecule has 0 aliphatic heterocycles. The minimum Gasteiger partial charge on any atom is -0.330 e. The Morgan fingerprint density at radius 2 is 2.16 bits per heavy atom. The highest BCUT2D eigenvalue weighted by Gasteiger charge is 2.09. The number of hydrogen-bond donors (Lipinski definition) is 2. The topological polar surface area (TPSA) is 68.0 Å². The van der Waals surface area contributed by atoms with Crippen molar-refractivity contribution in [3.8, 4) is 0 Å². The molecule has 100 valence electrons. The molecule has 2 rings (SSSR count). The molecule has 1 heterocycles. The molecule has 0 atom stereocenters. The molecule has 0 radical (unpaired) electrons. The van der Waals surface area contributed by atoms with E-state index in [0.717, 1.165) is 17.7 Å². The van der Waals surface area contributed by atoms with E-state index in [-0.39, 0.29) is 5.91 Å². The van der Waals surface area contributed by atoms with Gasteiger partial charge < -0.3 is 5.73 Å². The summed E-state index contributed by atoms with van der Waals surface area (Å²) in [6.07, 6.45) is 0.732. The van der Waals surface area contributed by atoms with E-state index < -0.39 is 0 Å². The van der Waals surface area contributed by atoms with Gasteiger partial charge in [-0.25, -0.2) is 4.98 Å². The van der Waals surface area contributed by atoms with Crippen LogP contribution in [0.4, 0.5) is 5.13 Å². The number of thiazole rings is 1. The SMILES string of the molecule is Cc1ccc(C(=O)Nc2nc(CCN)cs2)cc1C. The van der Waals surface area contributed by atoms with Crippen molar-refractivity contribution in [1.29, 1.82) is 0 Å². The number of aromatic nitrogens is 1. The van der Waals surface area contributed by atoms with E-state index in [1.807, 2.05) is 37.4 Å². The zero-order valence-corrected chi connectivity index (χ0v) is 11.9. The van der Waals surface area contributed by atoms with E-state index in [1.54, 1.807) is 0 Å². The molecule has 0 spiro atoms. The van der Waals surface area contributed by atoms with Gasteiger partial charge in [-0.15, -0.1) is 11.3 Å². The first-order chi connectivity index (χ1) is 9.10. The van der Waals surface area contributed by atoms with E-state index in [9.17, 15) is 4.79 Å². The summed E-state index contributed by atoms with van der Waals surface area (Å²) in [6, 6.07) is 5.66. The lowest BCUT2D eigenvalue weighted by atomic mass is 10.1. The van der Waals surface area contributed by atoms with Crippen LogP contribution < -0.4 is 11.1 Å². The highest BCUT2D eigenvalue weighted by atomic mass is 32.1. The van der Waals surface area contributed by atoms with Gasteiger partial charge in [-0.2, -0.15) is 0 Å². The van der Waals surface area contributed by atoms with Gasteiger partial charge in [0, 0.05) is 17.4 Å². The predicted molar refractivity (Wildman–Crippen MR) is 78.7 cm³/mol. The highest BCUT2D eigenvalue weighted by Crippen LogP contribution is 2.17. The van der Waals surface area contributed by atoms with Crippen LogP contribution >= 0.6 is 11.3 Å². The maximum atomic E-state index is 12.1. The normalized spacial score (nSPS) is 10.5. The van der Waals surface area contributed by atoms with Crippen molar-refractivity contribution in [2.75, 3.05) is 11.9 Å². The van der Waals surface area contributed by atoms with Crippen LogP contribution in [0.2, 0.25) is 0 Å². The lowest BCUT2D eigenvalue weighted by Crippen LogP contribution is -2.12. The van der Waals surface area contributed by atoms with Crippen molar-refractivity contribution in [1.82, 2.24) is 4.98 Å². The number of nitrogens with one attached hydrogen (secondary N) is 1. The Bertz CT molecular complexity index is 592. The third-order valence-corrected chi connectivity index (χ3v) is 3.75. The van der Waals surface area contributed by atoms with Crippen molar-refractivity contribution >= 4 is 22.4 Å². The largest absolute Gasteiger partial charge is 0.330 e. The summed E-state index contributed by atoms with van der Waals surface area (Å²) in [4.78, 5) is 16.4. The number of nitrogens with two attached hydrogens (primary N) is 1. The summed E-state index contributed by atoms with van der Waals surface area (Å²) in [5.74, 6) is -0.128. The number of nitrogens with zero attached hydrogens (tertiary/aromatic N) is 1. The van der Waals surface area contributed by atoms with Crippen LogP contribution in [0, 0.1) is 13.8 Å². The number of carbonyl (C=O) groups excluding carboxylic acids is 1. The first kappa shape index (κ1) is 13.7. The molecular formula is C14H17N3OS. The zero-order chi connectivity index (χ0) is 13.8. The Morgan fingerprint density at radius 1 is 1.37 bits per heavy atom. The summed E-state index contributed by atoms with van der Waals surface area (Å²) in [7, 11) is 0. The van der Waals surface area contributed by atoms with E-state index in [2.05, 4.69) is 10.3 Å². The molecule has 4 nitrogen and oxygen atoms in total. The highest BCUT2D eigenvalue weighted by molar-refractivity contribution is 7.13. The van der Waals surface area contributed by atoms with E-state index in [4.69, 9.17) is 5.73 Å². The molecule has 0 saturated heterocycles. The monoisotopic (exact) mass is 275 g/mol. The molecule has 3 N–H and O–H groups in total. The van der Waals surface area contributed by atoms with Gasteiger partial charge in [0.15, 0.2) is 5.13 Å². The molecule has 1 amide bonds. The van der Waals surface area contributed by atoms with E-state index in [0.29, 0.717) is 17.2 Å². The zero-order valence-electron chi connectivity index (χ0n) is 11.1. The lowest BCUT2D eigenvalue weighted by molar-refractivity contribution is 0.102. The molecular weight excluding hydrogens is 258 g/mol. The molecule has 0 fully saturated rings. The minimum atomic E-state index is -0.128. The van der Waals surface area contributed by atoms with Crippen molar-refractivity contribution < 1.29 is 4.79 Å². The van der Waals surface area contributed by atoms with Gasteiger partial charge in [-0.3, -0.25) is 10.1 Å². The smallest absolute Gasteiger partial charge is 0.257 e. The Morgan fingerprint density at radius 3 is 2.84 bits per heavy atom. The fourth-order valence-corrected chi connectivity index (χ4v) is 2.42. The number of amides is 1. The number of anilines is 1. The second-order valence-electron chi connectivity index (χ2n) is 4.44. The molecule has 0 unspecified atom stereocenters. The third kappa shape index (κ3) is 3.39. The quantitative estimate of drug-likeness (QED) is 0.901. The average molecular weight is 275 g/mol. The van der Waals surface area contributed by atoms with Gasteiger partial charge in [-0.05, 0) is 43.7 Å². The van der Waals surface area contributed by atoms with Crippen LogP contribution in [0.5, 0.6) is 0 Å². The van der Waals surface area contributed by atoms with Gasteiger partial charge in [0.1, 0.15) is 0 Å². The predicted octanol–water partition coefficient (Wildman–Crippen LogP) is 2.51. The number of rotatable bonds is 4. The number of aryl methyl sites for hydroxylation is 2. The average Bonchev–Trinajstić information content (AvgIpc) is 2.80. The van der Waals surface area contributed by atoms with E-state index in [1.165, 1.54) is 16.9 Å². The Hall–Kier alpha value is -1.72. The van der Waals surface area contributed by atoms with Crippen LogP contribution in [-0.2, 0) is 6.42 Å². The summed E-state index contributed by atoms with van der Waals surface area (Å²) >= 11 is 1.42. The summed E-state index contributed by atoms with van der Waals surface area (Å²) in [5.41, 5.74) is 9.33. The van der Waals surface area contributed by atoms with Crippen molar-refractivity contribution in [2.24, 2.45) is 5.73 Å². The van der Waals surface area contributed by atoms with Crippen LogP contribution in [0.15, 0.2) is 23.6 Å². The Balaban J connectivity index is 2.09. The maximum absolute atomic E-state index is 12.1. The van der Waals surface area contributed by atoms with Crippen LogP contribution in [0.3, 0.4) is 0 Å². The first-order valence-corrected chi connectivity index (χ1v) is 7.01. The fourth-order valence-electron chi connectivity index (χ4n) is 1.68. The molecule has 5 heteroatoms. The number of benzene rings is 1. The third-order valence-electron chi connectivity index (χ3n) is 2.94. The fraction of sp³-hybridized carbons (Fsp3) is 0.286. The molecule has 0 aliphatic rings. The standard InChI is InChI=1S/C14H17N3OS/c1-9-3-4-11(7-10(9)2)13(18)17-14-16-12(5-6-15)8-19-14/h3-4,7-8H,5-6,15H2,1-2H3,(H,16,17,18). The summed E-state index contributed by atoms with van der Waals surface area (Å²) < 4.78 is 0. The van der Waals surface area contributed by atoms with Gasteiger partial charge in [0.25, 0.3) is 5.91 Å². The second-order valence-corrected chi connectivity index (χ2v) is 5.29. The summed E-state index contributed by atoms with van der Waals surface area (Å²) in [6.45, 7) is 4.58. The van der Waals surface area contributed by atoms with Gasteiger partial charge in [-0.1, -0.05) is 6.07 Å². The molecule has 19 heavy (non-hydrogen) atoms. The van der Waals surface area contributed by atoms with Crippen molar-refractivity contribution in [3.05, 3.63) is 46.0 Å². The van der Waals surface area contributed by atoms with Gasteiger partial charge >= 0.3 is 0 Å². The Kier molecular flexibility index (Phi) is 4.29. The van der Waals surface area contributed by atoms with Crippen LogP contribution in [0.25, 0.3) is 0 Å². The van der Waals surface area contributed by atoms with Crippen molar-refractivity contribution in [2.45, 2.75) is 20.3 Å².